The van der Waals surface area contributed by atoms with Crippen LogP contribution in [-0.2, 0) is 17.6 Å². The van der Waals surface area contributed by atoms with Gasteiger partial charge in [0.05, 0.1) is 5.69 Å². The van der Waals surface area contributed by atoms with E-state index in [0.29, 0.717) is 17.0 Å². The van der Waals surface area contributed by atoms with Crippen LogP contribution in [0.1, 0.15) is 67.8 Å². The molecule has 0 unspecified atom stereocenters. The number of thiazole rings is 1. The average molecular weight is 465 g/mol. The molecular formula is C23H28N8OS. The number of aromatic nitrogens is 5. The highest BCUT2D eigenvalue weighted by molar-refractivity contribution is 7.13. The number of amides is 1. The van der Waals surface area contributed by atoms with Gasteiger partial charge >= 0.3 is 0 Å². The molecule has 0 bridgehead atoms. The number of carbonyl (C=O) groups excluding carboxylic acids is 1. The summed E-state index contributed by atoms with van der Waals surface area (Å²) in [5.74, 6) is 2.84. The molecule has 1 aliphatic heterocycles. The van der Waals surface area contributed by atoms with Crippen molar-refractivity contribution in [2.24, 2.45) is 0 Å². The zero-order valence-corrected chi connectivity index (χ0v) is 19.3. The SMILES string of the molecule is O=C(Nc1nccs1)[C@H]1CCCN1c1nc2c(c(Nc3cc(C4CC4)[nH]n3)n1)CCCCC2. The Labute approximate surface area is 196 Å². The molecule has 172 valence electrons. The van der Waals surface area contributed by atoms with Crippen LogP contribution in [0.5, 0.6) is 0 Å². The predicted molar refractivity (Wildman–Crippen MR) is 128 cm³/mol. The number of fused-ring (bicyclic) bond motifs is 1. The van der Waals surface area contributed by atoms with E-state index in [9.17, 15) is 4.79 Å². The molecule has 0 aromatic carbocycles. The number of rotatable bonds is 6. The lowest BCUT2D eigenvalue weighted by atomic mass is 10.1. The highest BCUT2D eigenvalue weighted by atomic mass is 32.1. The minimum Gasteiger partial charge on any atom is -0.329 e. The summed E-state index contributed by atoms with van der Waals surface area (Å²) in [5, 5.41) is 16.6. The van der Waals surface area contributed by atoms with E-state index >= 15 is 0 Å². The lowest BCUT2D eigenvalue weighted by molar-refractivity contribution is -0.117. The summed E-state index contributed by atoms with van der Waals surface area (Å²) in [6.45, 7) is 0.766. The standard InChI is InChI=1S/C23H28N8OS/c32-21(28-23-24-10-12-33-23)18-7-4-11-31(18)22-25-16-6-3-1-2-5-15(16)20(27-22)26-19-13-17(29-30-19)14-8-9-14/h10,12-14,18H,1-9,11H2,(H,24,28,32)(H2,25,26,27,29,30)/t18-/m1/s1. The third-order valence-corrected chi connectivity index (χ3v) is 7.45. The number of hydrogen-bond donors (Lipinski definition) is 3. The van der Waals surface area contributed by atoms with E-state index in [4.69, 9.17) is 9.97 Å². The van der Waals surface area contributed by atoms with Gasteiger partial charge in [0.2, 0.25) is 11.9 Å². The molecule has 0 radical (unpaired) electrons. The van der Waals surface area contributed by atoms with E-state index in [1.165, 1.54) is 41.9 Å². The Morgan fingerprint density at radius 2 is 2.03 bits per heavy atom. The van der Waals surface area contributed by atoms with Crippen LogP contribution in [0.2, 0.25) is 0 Å². The highest BCUT2D eigenvalue weighted by Crippen LogP contribution is 2.40. The molecule has 10 heteroatoms. The minimum absolute atomic E-state index is 0.0446. The molecule has 1 atom stereocenters. The van der Waals surface area contributed by atoms with Gasteiger partial charge in [-0.25, -0.2) is 9.97 Å². The fraction of sp³-hybridized carbons (Fsp3) is 0.522. The van der Waals surface area contributed by atoms with Crippen molar-refractivity contribution in [3.8, 4) is 0 Å². The zero-order chi connectivity index (χ0) is 22.2. The minimum atomic E-state index is -0.294. The fourth-order valence-corrected chi connectivity index (χ4v) is 5.40. The number of anilines is 4. The van der Waals surface area contributed by atoms with Gasteiger partial charge in [0.1, 0.15) is 11.9 Å². The number of aryl methyl sites for hydroxylation is 1. The van der Waals surface area contributed by atoms with Gasteiger partial charge < -0.3 is 15.5 Å². The normalized spacial score (nSPS) is 20.4. The maximum Gasteiger partial charge on any atom is 0.248 e. The van der Waals surface area contributed by atoms with Crippen molar-refractivity contribution in [3.63, 3.8) is 0 Å². The molecule has 3 aliphatic rings. The van der Waals surface area contributed by atoms with Gasteiger partial charge in [0, 0.05) is 41.4 Å². The van der Waals surface area contributed by atoms with E-state index in [1.807, 2.05) is 5.38 Å². The Bertz CT molecular complexity index is 1140. The van der Waals surface area contributed by atoms with Crippen molar-refractivity contribution in [2.75, 3.05) is 22.1 Å². The van der Waals surface area contributed by atoms with Crippen molar-refractivity contribution < 1.29 is 4.79 Å². The van der Waals surface area contributed by atoms with E-state index in [0.717, 1.165) is 62.4 Å². The van der Waals surface area contributed by atoms with Crippen LogP contribution in [0.4, 0.5) is 22.7 Å². The van der Waals surface area contributed by atoms with Crippen LogP contribution in [0, 0.1) is 0 Å². The lowest BCUT2D eigenvalue weighted by Crippen LogP contribution is -2.40. The molecule has 1 saturated carbocycles. The molecule has 4 heterocycles. The molecule has 33 heavy (non-hydrogen) atoms. The van der Waals surface area contributed by atoms with Gasteiger partial charge in [-0.15, -0.1) is 11.3 Å². The number of hydrogen-bond acceptors (Lipinski definition) is 8. The first kappa shape index (κ1) is 20.6. The van der Waals surface area contributed by atoms with Crippen LogP contribution in [0.25, 0.3) is 0 Å². The van der Waals surface area contributed by atoms with Gasteiger partial charge in [0.15, 0.2) is 10.9 Å². The third-order valence-electron chi connectivity index (χ3n) is 6.76. The van der Waals surface area contributed by atoms with Crippen LogP contribution in [0.15, 0.2) is 17.6 Å². The van der Waals surface area contributed by atoms with Crippen molar-refractivity contribution >= 4 is 40.0 Å². The van der Waals surface area contributed by atoms with Crippen molar-refractivity contribution in [1.82, 2.24) is 25.1 Å². The first-order valence-electron chi connectivity index (χ1n) is 11.9. The van der Waals surface area contributed by atoms with E-state index in [-0.39, 0.29) is 11.9 Å². The number of nitrogens with zero attached hydrogens (tertiary/aromatic N) is 5. The number of carbonyl (C=O) groups is 1. The van der Waals surface area contributed by atoms with E-state index in [2.05, 4.69) is 36.8 Å². The maximum atomic E-state index is 13.0. The molecule has 9 nitrogen and oxygen atoms in total. The van der Waals surface area contributed by atoms with Gasteiger partial charge in [-0.05, 0) is 51.4 Å². The van der Waals surface area contributed by atoms with Crippen LogP contribution >= 0.6 is 11.3 Å². The smallest absolute Gasteiger partial charge is 0.248 e. The summed E-state index contributed by atoms with van der Waals surface area (Å²) in [5.41, 5.74) is 3.48. The van der Waals surface area contributed by atoms with Crippen LogP contribution < -0.4 is 15.5 Å². The fourth-order valence-electron chi connectivity index (χ4n) is 4.87. The Balaban J connectivity index is 1.30. The summed E-state index contributed by atoms with van der Waals surface area (Å²) in [7, 11) is 0. The van der Waals surface area contributed by atoms with Crippen molar-refractivity contribution in [2.45, 2.75) is 69.7 Å². The first-order valence-corrected chi connectivity index (χ1v) is 12.8. The number of aromatic amines is 1. The van der Waals surface area contributed by atoms with Crippen molar-refractivity contribution in [3.05, 3.63) is 34.6 Å². The summed E-state index contributed by atoms with van der Waals surface area (Å²) in [4.78, 5) is 29.2. The average Bonchev–Trinajstić information content (AvgIpc) is 3.17. The van der Waals surface area contributed by atoms with Gasteiger partial charge in [-0.3, -0.25) is 9.89 Å². The highest BCUT2D eigenvalue weighted by Gasteiger charge is 2.34. The summed E-state index contributed by atoms with van der Waals surface area (Å²) >= 11 is 1.43. The van der Waals surface area contributed by atoms with Crippen LogP contribution in [0.3, 0.4) is 0 Å². The van der Waals surface area contributed by atoms with E-state index in [1.54, 1.807) is 6.20 Å². The molecule has 2 aliphatic carbocycles. The third kappa shape index (κ3) is 4.31. The second kappa shape index (κ2) is 8.74. The molecule has 3 aromatic rings. The molecule has 0 spiro atoms. The Hall–Kier alpha value is -3.01. The quantitative estimate of drug-likeness (QED) is 0.470. The van der Waals surface area contributed by atoms with Crippen LogP contribution in [-0.4, -0.2) is 43.6 Å². The monoisotopic (exact) mass is 464 g/mol. The molecule has 1 amide bonds. The Kier molecular flexibility index (Phi) is 5.45. The second-order valence-electron chi connectivity index (χ2n) is 9.14. The topological polar surface area (TPSA) is 112 Å². The van der Waals surface area contributed by atoms with Crippen molar-refractivity contribution in [1.29, 1.82) is 0 Å². The summed E-state index contributed by atoms with van der Waals surface area (Å²) in [6.07, 6.45) is 11.2. The predicted octanol–water partition coefficient (Wildman–Crippen LogP) is 4.15. The van der Waals surface area contributed by atoms with E-state index < -0.39 is 0 Å². The Morgan fingerprint density at radius 1 is 1.12 bits per heavy atom. The number of H-pyrrole nitrogens is 1. The number of nitrogens with one attached hydrogen (secondary N) is 3. The largest absolute Gasteiger partial charge is 0.329 e. The van der Waals surface area contributed by atoms with Gasteiger partial charge in [0.25, 0.3) is 0 Å². The molecular weight excluding hydrogens is 436 g/mol. The van der Waals surface area contributed by atoms with Gasteiger partial charge in [-0.1, -0.05) is 6.42 Å². The molecule has 3 aromatic heterocycles. The molecule has 2 fully saturated rings. The first-order chi connectivity index (χ1) is 16.2. The molecule has 6 rings (SSSR count). The van der Waals surface area contributed by atoms with Gasteiger partial charge in [-0.2, -0.15) is 10.1 Å². The zero-order valence-electron chi connectivity index (χ0n) is 18.5. The molecule has 3 N–H and O–H groups in total. The maximum absolute atomic E-state index is 13.0. The summed E-state index contributed by atoms with van der Waals surface area (Å²) in [6, 6.07) is 1.81. The molecule has 1 saturated heterocycles. The lowest BCUT2D eigenvalue weighted by Gasteiger charge is -2.25. The summed E-state index contributed by atoms with van der Waals surface area (Å²) < 4.78 is 0. The second-order valence-corrected chi connectivity index (χ2v) is 10.0. The Morgan fingerprint density at radius 3 is 2.88 bits per heavy atom.